The number of para-hydroxylation sites is 1. The van der Waals surface area contributed by atoms with E-state index in [0.29, 0.717) is 0 Å². The van der Waals surface area contributed by atoms with E-state index >= 15 is 0 Å². The summed E-state index contributed by atoms with van der Waals surface area (Å²) in [5, 5.41) is 4.63. The van der Waals surface area contributed by atoms with E-state index < -0.39 is 0 Å². The van der Waals surface area contributed by atoms with Crippen molar-refractivity contribution in [3.05, 3.63) is 53.8 Å². The molecule has 1 atom stereocenters. The zero-order chi connectivity index (χ0) is 13.2. The lowest BCUT2D eigenvalue weighted by Gasteiger charge is -2.11. The zero-order valence-corrected chi connectivity index (χ0v) is 11.1. The predicted molar refractivity (Wildman–Crippen MR) is 74.8 cm³/mol. The molecule has 0 aliphatic heterocycles. The fraction of sp³-hybridized carbons (Fsp3) is 0.267. The highest BCUT2D eigenvalue weighted by atomic mass is 16.3. The number of aromatic nitrogens is 2. The molecule has 1 aromatic carbocycles. The number of rotatable bonds is 4. The fourth-order valence-electron chi connectivity index (χ4n) is 2.34. The van der Waals surface area contributed by atoms with E-state index in [2.05, 4.69) is 35.2 Å². The summed E-state index contributed by atoms with van der Waals surface area (Å²) in [5.41, 5.74) is 3.23. The van der Waals surface area contributed by atoms with Crippen molar-refractivity contribution < 1.29 is 4.42 Å². The van der Waals surface area contributed by atoms with Gasteiger partial charge in [-0.25, -0.2) is 4.98 Å². The summed E-state index contributed by atoms with van der Waals surface area (Å²) in [7, 11) is 0. The number of aromatic amines is 1. The van der Waals surface area contributed by atoms with E-state index in [4.69, 9.17) is 4.42 Å². The maximum Gasteiger partial charge on any atom is 0.134 e. The van der Waals surface area contributed by atoms with Gasteiger partial charge >= 0.3 is 0 Å². The van der Waals surface area contributed by atoms with Gasteiger partial charge < -0.3 is 14.7 Å². The SMILES string of the molecule is Cc1c(C(C)NCc2cnc[nH]2)oc2ccccc12. The summed E-state index contributed by atoms with van der Waals surface area (Å²) in [5.74, 6) is 1.00. The van der Waals surface area contributed by atoms with Crippen LogP contribution in [-0.4, -0.2) is 9.97 Å². The number of imidazole rings is 1. The van der Waals surface area contributed by atoms with Crippen molar-refractivity contribution in [2.45, 2.75) is 26.4 Å². The Labute approximate surface area is 111 Å². The maximum absolute atomic E-state index is 5.94. The first kappa shape index (κ1) is 12.0. The van der Waals surface area contributed by atoms with E-state index in [1.165, 1.54) is 10.9 Å². The van der Waals surface area contributed by atoms with Gasteiger partial charge in [0.1, 0.15) is 11.3 Å². The Morgan fingerprint density at radius 3 is 2.95 bits per heavy atom. The van der Waals surface area contributed by atoms with Gasteiger partial charge in [0.05, 0.1) is 12.4 Å². The molecule has 4 heteroatoms. The van der Waals surface area contributed by atoms with Crippen LogP contribution >= 0.6 is 0 Å². The van der Waals surface area contributed by atoms with Crippen molar-refractivity contribution >= 4 is 11.0 Å². The van der Waals surface area contributed by atoms with E-state index in [0.717, 1.165) is 23.6 Å². The monoisotopic (exact) mass is 255 g/mol. The van der Waals surface area contributed by atoms with Gasteiger partial charge in [-0.3, -0.25) is 0 Å². The van der Waals surface area contributed by atoms with Gasteiger partial charge in [0, 0.05) is 23.8 Å². The summed E-state index contributed by atoms with van der Waals surface area (Å²) < 4.78 is 5.94. The Bertz CT molecular complexity index is 670. The summed E-state index contributed by atoms with van der Waals surface area (Å²) in [4.78, 5) is 7.09. The molecule has 2 heterocycles. The highest BCUT2D eigenvalue weighted by molar-refractivity contribution is 5.82. The molecule has 0 radical (unpaired) electrons. The molecule has 3 rings (SSSR count). The van der Waals surface area contributed by atoms with E-state index in [-0.39, 0.29) is 6.04 Å². The molecular formula is C15H17N3O. The van der Waals surface area contributed by atoms with Crippen molar-refractivity contribution in [1.29, 1.82) is 0 Å². The van der Waals surface area contributed by atoms with Crippen LogP contribution in [0.5, 0.6) is 0 Å². The van der Waals surface area contributed by atoms with Gasteiger partial charge in [-0.15, -0.1) is 0 Å². The predicted octanol–water partition coefficient (Wildman–Crippen LogP) is 3.32. The highest BCUT2D eigenvalue weighted by Gasteiger charge is 2.15. The molecular weight excluding hydrogens is 238 g/mol. The smallest absolute Gasteiger partial charge is 0.134 e. The molecule has 98 valence electrons. The average molecular weight is 255 g/mol. The Morgan fingerprint density at radius 2 is 2.21 bits per heavy atom. The van der Waals surface area contributed by atoms with Crippen molar-refractivity contribution in [3.63, 3.8) is 0 Å². The Balaban J connectivity index is 1.81. The molecule has 0 fully saturated rings. The van der Waals surface area contributed by atoms with Crippen LogP contribution in [0, 0.1) is 6.92 Å². The average Bonchev–Trinajstić information content (AvgIpc) is 3.05. The number of nitrogens with one attached hydrogen (secondary N) is 2. The summed E-state index contributed by atoms with van der Waals surface area (Å²) in [6.07, 6.45) is 3.51. The second-order valence-electron chi connectivity index (χ2n) is 4.77. The third-order valence-electron chi connectivity index (χ3n) is 3.43. The van der Waals surface area contributed by atoms with Crippen molar-refractivity contribution in [1.82, 2.24) is 15.3 Å². The van der Waals surface area contributed by atoms with Crippen LogP contribution in [0.4, 0.5) is 0 Å². The van der Waals surface area contributed by atoms with Gasteiger partial charge in [-0.1, -0.05) is 18.2 Å². The molecule has 2 N–H and O–H groups in total. The number of H-pyrrole nitrogens is 1. The Hall–Kier alpha value is -2.07. The number of hydrogen-bond donors (Lipinski definition) is 2. The Kier molecular flexibility index (Phi) is 3.09. The van der Waals surface area contributed by atoms with Crippen LogP contribution < -0.4 is 5.32 Å². The maximum atomic E-state index is 5.94. The summed E-state index contributed by atoms with van der Waals surface area (Å²) in [6.45, 7) is 4.97. The molecule has 1 unspecified atom stereocenters. The lowest BCUT2D eigenvalue weighted by molar-refractivity contribution is 0.446. The number of benzene rings is 1. The van der Waals surface area contributed by atoms with E-state index in [1.807, 2.05) is 24.4 Å². The largest absolute Gasteiger partial charge is 0.459 e. The van der Waals surface area contributed by atoms with Crippen molar-refractivity contribution in [2.24, 2.45) is 0 Å². The molecule has 0 bridgehead atoms. The van der Waals surface area contributed by atoms with Crippen LogP contribution in [0.15, 0.2) is 41.2 Å². The van der Waals surface area contributed by atoms with Crippen LogP contribution in [0.3, 0.4) is 0 Å². The third kappa shape index (κ3) is 2.27. The number of furan rings is 1. The van der Waals surface area contributed by atoms with Crippen LogP contribution in [0.2, 0.25) is 0 Å². The first-order valence-corrected chi connectivity index (χ1v) is 6.44. The van der Waals surface area contributed by atoms with Crippen LogP contribution in [0.1, 0.15) is 30.0 Å². The first-order valence-electron chi connectivity index (χ1n) is 6.44. The van der Waals surface area contributed by atoms with Gasteiger partial charge in [-0.05, 0) is 25.5 Å². The van der Waals surface area contributed by atoms with Gasteiger partial charge in [-0.2, -0.15) is 0 Å². The molecule has 4 nitrogen and oxygen atoms in total. The summed E-state index contributed by atoms with van der Waals surface area (Å²) in [6, 6.07) is 8.30. The Morgan fingerprint density at radius 1 is 1.37 bits per heavy atom. The highest BCUT2D eigenvalue weighted by Crippen LogP contribution is 2.29. The lowest BCUT2D eigenvalue weighted by Crippen LogP contribution is -2.18. The lowest BCUT2D eigenvalue weighted by atomic mass is 10.1. The van der Waals surface area contributed by atoms with Gasteiger partial charge in [0.15, 0.2) is 0 Å². The number of hydrogen-bond acceptors (Lipinski definition) is 3. The first-order chi connectivity index (χ1) is 9.25. The molecule has 0 spiro atoms. The van der Waals surface area contributed by atoms with Crippen LogP contribution in [-0.2, 0) is 6.54 Å². The summed E-state index contributed by atoms with van der Waals surface area (Å²) >= 11 is 0. The van der Waals surface area contributed by atoms with Crippen molar-refractivity contribution in [2.75, 3.05) is 0 Å². The van der Waals surface area contributed by atoms with E-state index in [1.54, 1.807) is 6.33 Å². The molecule has 0 saturated heterocycles. The minimum absolute atomic E-state index is 0.163. The topological polar surface area (TPSA) is 53.9 Å². The normalized spacial score (nSPS) is 12.9. The molecule has 0 amide bonds. The second-order valence-corrected chi connectivity index (χ2v) is 4.77. The van der Waals surface area contributed by atoms with Gasteiger partial charge in [0.25, 0.3) is 0 Å². The van der Waals surface area contributed by atoms with Crippen molar-refractivity contribution in [3.8, 4) is 0 Å². The standard InChI is InChI=1S/C15H17N3O/c1-10-13-5-3-4-6-14(13)19-15(10)11(2)17-8-12-7-16-9-18-12/h3-7,9,11,17H,8H2,1-2H3,(H,16,18). The van der Waals surface area contributed by atoms with Crippen LogP contribution in [0.25, 0.3) is 11.0 Å². The molecule has 0 aliphatic carbocycles. The van der Waals surface area contributed by atoms with Gasteiger partial charge in [0.2, 0.25) is 0 Å². The molecule has 0 saturated carbocycles. The zero-order valence-electron chi connectivity index (χ0n) is 11.1. The minimum atomic E-state index is 0.163. The van der Waals surface area contributed by atoms with E-state index in [9.17, 15) is 0 Å². The molecule has 3 aromatic rings. The number of aryl methyl sites for hydroxylation is 1. The number of fused-ring (bicyclic) bond motifs is 1. The quantitative estimate of drug-likeness (QED) is 0.752. The third-order valence-corrected chi connectivity index (χ3v) is 3.43. The number of nitrogens with zero attached hydrogens (tertiary/aromatic N) is 1. The fourth-order valence-corrected chi connectivity index (χ4v) is 2.34. The molecule has 2 aromatic heterocycles. The second kappa shape index (κ2) is 4.90. The minimum Gasteiger partial charge on any atom is -0.459 e. The molecule has 0 aliphatic rings. The molecule has 19 heavy (non-hydrogen) atoms.